The highest BCUT2D eigenvalue weighted by molar-refractivity contribution is 6.03. The molecule has 0 spiro atoms. The fourth-order valence-corrected chi connectivity index (χ4v) is 3.97. The molecule has 2 aliphatic rings. The first-order valence-electron chi connectivity index (χ1n) is 10.4. The smallest absolute Gasteiger partial charge is 0.227 e. The molecule has 6 heteroatoms. The van der Waals surface area contributed by atoms with Crippen LogP contribution in [0, 0.1) is 5.82 Å². The molecule has 0 atom stereocenters. The van der Waals surface area contributed by atoms with E-state index in [1.807, 2.05) is 53.4 Å². The maximum atomic E-state index is 13.1. The van der Waals surface area contributed by atoms with Crippen LogP contribution in [0.25, 0.3) is 0 Å². The second-order valence-corrected chi connectivity index (χ2v) is 7.67. The normalized spacial score (nSPS) is 15.3. The molecule has 1 fully saturated rings. The second-order valence-electron chi connectivity index (χ2n) is 7.67. The number of halogens is 1. The van der Waals surface area contributed by atoms with Crippen LogP contribution in [0.3, 0.4) is 0 Å². The Bertz CT molecular complexity index is 1140. The molecule has 0 radical (unpaired) electrons. The molecule has 0 bridgehead atoms. The van der Waals surface area contributed by atoms with E-state index in [0.717, 1.165) is 34.1 Å². The standard InChI is InChI=1S/C25H22FN3O2/c26-19-11-9-18(10-12-19)17-24(30)28-13-15-29(16-14-28)25-20-5-1-3-7-22(20)31-23-8-4-2-6-21(23)27-25/h1-12H,13-17H2. The zero-order valence-corrected chi connectivity index (χ0v) is 17.0. The van der Waals surface area contributed by atoms with E-state index in [0.29, 0.717) is 26.2 Å². The fraction of sp³-hybridized carbons (Fsp3) is 0.200. The zero-order valence-electron chi connectivity index (χ0n) is 17.0. The Kier molecular flexibility index (Phi) is 5.12. The summed E-state index contributed by atoms with van der Waals surface area (Å²) in [5.74, 6) is 2.15. The van der Waals surface area contributed by atoms with Gasteiger partial charge in [0.25, 0.3) is 0 Å². The van der Waals surface area contributed by atoms with Crippen LogP contribution in [-0.2, 0) is 11.2 Å². The minimum Gasteiger partial charge on any atom is -0.454 e. The van der Waals surface area contributed by atoms with E-state index in [9.17, 15) is 9.18 Å². The van der Waals surface area contributed by atoms with Gasteiger partial charge in [0.1, 0.15) is 23.1 Å². The summed E-state index contributed by atoms with van der Waals surface area (Å²) >= 11 is 0. The van der Waals surface area contributed by atoms with Crippen LogP contribution in [0.5, 0.6) is 11.5 Å². The Morgan fingerprint density at radius 2 is 1.55 bits per heavy atom. The van der Waals surface area contributed by atoms with Crippen molar-refractivity contribution in [1.82, 2.24) is 9.80 Å². The molecule has 0 N–H and O–H groups in total. The molecule has 1 amide bonds. The number of para-hydroxylation sites is 3. The molecule has 156 valence electrons. The Labute approximate surface area is 180 Å². The number of fused-ring (bicyclic) bond motifs is 2. The lowest BCUT2D eigenvalue weighted by atomic mass is 10.1. The molecule has 2 heterocycles. The Balaban J connectivity index is 1.33. The highest BCUT2D eigenvalue weighted by atomic mass is 19.1. The summed E-state index contributed by atoms with van der Waals surface area (Å²) in [7, 11) is 0. The van der Waals surface area contributed by atoms with Crippen molar-refractivity contribution < 1.29 is 13.9 Å². The number of amides is 1. The summed E-state index contributed by atoms with van der Waals surface area (Å²) in [5, 5.41) is 0. The number of amidine groups is 1. The van der Waals surface area contributed by atoms with Crippen molar-refractivity contribution in [1.29, 1.82) is 0 Å². The van der Waals surface area contributed by atoms with Gasteiger partial charge >= 0.3 is 0 Å². The SMILES string of the molecule is O=C(Cc1ccc(F)cc1)N1CCN(C2=Nc3ccccc3Oc3ccccc32)CC1. The first-order valence-corrected chi connectivity index (χ1v) is 10.4. The second kappa shape index (κ2) is 8.22. The summed E-state index contributed by atoms with van der Waals surface area (Å²) in [4.78, 5) is 21.7. The highest BCUT2D eigenvalue weighted by Crippen LogP contribution is 2.37. The molecule has 0 aromatic heterocycles. The number of ether oxygens (including phenoxy) is 1. The number of piperazine rings is 1. The minimum atomic E-state index is -0.292. The quantitative estimate of drug-likeness (QED) is 0.623. The number of aliphatic imine (C=N–C) groups is 1. The number of nitrogens with zero attached hydrogens (tertiary/aromatic N) is 3. The minimum absolute atomic E-state index is 0.0585. The Morgan fingerprint density at radius 3 is 2.32 bits per heavy atom. The Morgan fingerprint density at radius 1 is 0.871 bits per heavy atom. The van der Waals surface area contributed by atoms with Crippen molar-refractivity contribution in [2.24, 2.45) is 4.99 Å². The van der Waals surface area contributed by atoms with Crippen LogP contribution in [-0.4, -0.2) is 47.7 Å². The van der Waals surface area contributed by atoms with Crippen LogP contribution in [0.2, 0.25) is 0 Å². The summed E-state index contributed by atoms with van der Waals surface area (Å²) < 4.78 is 19.2. The molecule has 3 aromatic rings. The largest absolute Gasteiger partial charge is 0.454 e. The average Bonchev–Trinajstić information content (AvgIpc) is 2.97. The van der Waals surface area contributed by atoms with Crippen molar-refractivity contribution in [3.63, 3.8) is 0 Å². The van der Waals surface area contributed by atoms with Gasteiger partial charge in [0.05, 0.1) is 12.0 Å². The molecule has 3 aromatic carbocycles. The highest BCUT2D eigenvalue weighted by Gasteiger charge is 2.27. The third-order valence-electron chi connectivity index (χ3n) is 5.64. The van der Waals surface area contributed by atoms with E-state index < -0.39 is 0 Å². The van der Waals surface area contributed by atoms with Gasteiger partial charge in [-0.25, -0.2) is 9.38 Å². The van der Waals surface area contributed by atoms with Crippen molar-refractivity contribution in [2.45, 2.75) is 6.42 Å². The van der Waals surface area contributed by atoms with E-state index in [1.165, 1.54) is 12.1 Å². The van der Waals surface area contributed by atoms with Gasteiger partial charge in [-0.3, -0.25) is 4.79 Å². The number of benzene rings is 3. The first kappa shape index (κ1) is 19.3. The van der Waals surface area contributed by atoms with Gasteiger partial charge in [0, 0.05) is 26.2 Å². The van der Waals surface area contributed by atoms with E-state index in [-0.39, 0.29) is 18.1 Å². The summed E-state index contributed by atoms with van der Waals surface area (Å²) in [5.41, 5.74) is 2.57. The summed E-state index contributed by atoms with van der Waals surface area (Å²) in [6.07, 6.45) is 0.283. The van der Waals surface area contributed by atoms with Gasteiger partial charge in [-0.05, 0) is 42.0 Å². The topological polar surface area (TPSA) is 45.1 Å². The molecule has 31 heavy (non-hydrogen) atoms. The van der Waals surface area contributed by atoms with Crippen molar-refractivity contribution >= 4 is 17.4 Å². The third-order valence-corrected chi connectivity index (χ3v) is 5.64. The maximum absolute atomic E-state index is 13.1. The van der Waals surface area contributed by atoms with Gasteiger partial charge in [0.15, 0.2) is 5.75 Å². The molecule has 2 aliphatic heterocycles. The first-order chi connectivity index (χ1) is 15.2. The fourth-order valence-electron chi connectivity index (χ4n) is 3.97. The van der Waals surface area contributed by atoms with Crippen molar-refractivity contribution in [3.8, 4) is 11.5 Å². The maximum Gasteiger partial charge on any atom is 0.227 e. The van der Waals surface area contributed by atoms with Gasteiger partial charge in [-0.15, -0.1) is 0 Å². The number of hydrogen-bond acceptors (Lipinski definition) is 4. The van der Waals surface area contributed by atoms with Crippen LogP contribution in [0.1, 0.15) is 11.1 Å². The number of hydrogen-bond donors (Lipinski definition) is 0. The average molecular weight is 415 g/mol. The van der Waals surface area contributed by atoms with Crippen LogP contribution in [0.15, 0.2) is 77.8 Å². The van der Waals surface area contributed by atoms with Crippen molar-refractivity contribution in [2.75, 3.05) is 26.2 Å². The van der Waals surface area contributed by atoms with Crippen LogP contribution in [0.4, 0.5) is 10.1 Å². The van der Waals surface area contributed by atoms with Gasteiger partial charge in [0.2, 0.25) is 5.91 Å². The van der Waals surface area contributed by atoms with Gasteiger partial charge in [-0.1, -0.05) is 36.4 Å². The lowest BCUT2D eigenvalue weighted by Crippen LogP contribution is -2.51. The van der Waals surface area contributed by atoms with Crippen LogP contribution < -0.4 is 4.74 Å². The molecule has 0 unspecified atom stereocenters. The van der Waals surface area contributed by atoms with E-state index in [1.54, 1.807) is 12.1 Å². The lowest BCUT2D eigenvalue weighted by molar-refractivity contribution is -0.131. The van der Waals surface area contributed by atoms with Gasteiger partial charge < -0.3 is 14.5 Å². The van der Waals surface area contributed by atoms with E-state index in [4.69, 9.17) is 9.73 Å². The van der Waals surface area contributed by atoms with Crippen molar-refractivity contribution in [3.05, 3.63) is 89.7 Å². The Hall–Kier alpha value is -3.67. The number of carbonyl (C=O) groups excluding carboxylic acids is 1. The lowest BCUT2D eigenvalue weighted by Gasteiger charge is -2.36. The third kappa shape index (κ3) is 4.01. The predicted molar refractivity (Wildman–Crippen MR) is 117 cm³/mol. The van der Waals surface area contributed by atoms with E-state index in [2.05, 4.69) is 4.90 Å². The van der Waals surface area contributed by atoms with Gasteiger partial charge in [-0.2, -0.15) is 0 Å². The monoisotopic (exact) mass is 415 g/mol. The number of rotatable bonds is 2. The molecular formula is C25H22FN3O2. The van der Waals surface area contributed by atoms with Crippen LogP contribution >= 0.6 is 0 Å². The molecule has 0 aliphatic carbocycles. The summed E-state index contributed by atoms with van der Waals surface area (Å²) in [6, 6.07) is 21.8. The molecule has 0 saturated carbocycles. The summed E-state index contributed by atoms with van der Waals surface area (Å²) in [6.45, 7) is 2.60. The molecular weight excluding hydrogens is 393 g/mol. The molecule has 1 saturated heterocycles. The van der Waals surface area contributed by atoms with E-state index >= 15 is 0 Å². The number of carbonyl (C=O) groups is 1. The zero-order chi connectivity index (χ0) is 21.2. The molecule has 5 rings (SSSR count). The predicted octanol–water partition coefficient (Wildman–Crippen LogP) is 4.40. The molecule has 5 nitrogen and oxygen atoms in total.